The van der Waals surface area contributed by atoms with E-state index in [2.05, 4.69) is 27.0 Å². The molecule has 0 saturated carbocycles. The van der Waals surface area contributed by atoms with Gasteiger partial charge < -0.3 is 14.9 Å². The van der Waals surface area contributed by atoms with Crippen molar-refractivity contribution >= 4 is 5.82 Å². The number of hydrogen-bond donors (Lipinski definition) is 1. The number of halogens is 1. The summed E-state index contributed by atoms with van der Waals surface area (Å²) in [5, 5.41) is 18.3. The van der Waals surface area contributed by atoms with Crippen LogP contribution in [0.5, 0.6) is 5.75 Å². The van der Waals surface area contributed by atoms with Gasteiger partial charge in [0.25, 0.3) is 0 Å². The highest BCUT2D eigenvalue weighted by molar-refractivity contribution is 5.66. The van der Waals surface area contributed by atoms with Crippen molar-refractivity contribution in [2.24, 2.45) is 0 Å². The van der Waals surface area contributed by atoms with Crippen molar-refractivity contribution < 1.29 is 9.50 Å². The van der Waals surface area contributed by atoms with Gasteiger partial charge in [0.05, 0.1) is 5.69 Å². The first-order valence-electron chi connectivity index (χ1n) is 7.78. The highest BCUT2D eigenvalue weighted by Crippen LogP contribution is 2.28. The zero-order chi connectivity index (χ0) is 16.4. The largest absolute Gasteiger partial charge is 0.507 e. The van der Waals surface area contributed by atoms with Gasteiger partial charge in [-0.1, -0.05) is 0 Å². The zero-order valence-electron chi connectivity index (χ0n) is 13.4. The van der Waals surface area contributed by atoms with Crippen LogP contribution in [0.3, 0.4) is 0 Å². The van der Waals surface area contributed by atoms with Gasteiger partial charge in [0, 0.05) is 31.3 Å². The molecular weight excluding hydrogens is 295 g/mol. The number of aromatic hydroxyl groups is 1. The van der Waals surface area contributed by atoms with E-state index in [1.807, 2.05) is 13.1 Å². The molecule has 0 amide bonds. The average Bonchev–Trinajstić information content (AvgIpc) is 2.54. The molecule has 0 radical (unpaired) electrons. The van der Waals surface area contributed by atoms with E-state index in [9.17, 15) is 9.50 Å². The number of benzene rings is 1. The van der Waals surface area contributed by atoms with Crippen LogP contribution in [0.4, 0.5) is 10.2 Å². The Labute approximate surface area is 135 Å². The lowest BCUT2D eigenvalue weighted by Crippen LogP contribution is -2.45. The third kappa shape index (κ3) is 3.42. The molecule has 0 aliphatic carbocycles. The maximum atomic E-state index is 13.1. The fourth-order valence-corrected chi connectivity index (χ4v) is 3.02. The summed E-state index contributed by atoms with van der Waals surface area (Å²) in [5.74, 6) is 0.196. The van der Waals surface area contributed by atoms with Gasteiger partial charge in [-0.3, -0.25) is 0 Å². The molecule has 1 atom stereocenters. The minimum atomic E-state index is -0.475. The van der Waals surface area contributed by atoms with Crippen molar-refractivity contribution in [3.05, 3.63) is 36.1 Å². The predicted molar refractivity (Wildman–Crippen MR) is 88.0 cm³/mol. The van der Waals surface area contributed by atoms with Crippen molar-refractivity contribution in [3.8, 4) is 17.0 Å². The Bertz CT molecular complexity index is 677. The number of anilines is 1. The van der Waals surface area contributed by atoms with Gasteiger partial charge in [0.2, 0.25) is 0 Å². The third-order valence-electron chi connectivity index (χ3n) is 4.39. The van der Waals surface area contributed by atoms with Crippen LogP contribution in [-0.2, 0) is 0 Å². The number of likely N-dealkylation sites (N-methyl/N-ethyl adjacent to an activating group) is 2. The molecule has 0 unspecified atom stereocenters. The molecule has 1 aromatic heterocycles. The first-order valence-corrected chi connectivity index (χ1v) is 7.78. The van der Waals surface area contributed by atoms with E-state index in [0.29, 0.717) is 17.3 Å². The summed E-state index contributed by atoms with van der Waals surface area (Å²) < 4.78 is 13.1. The van der Waals surface area contributed by atoms with E-state index in [4.69, 9.17) is 0 Å². The zero-order valence-corrected chi connectivity index (χ0v) is 13.4. The maximum absolute atomic E-state index is 13.1. The number of rotatable bonds is 3. The molecular formula is C17H21FN4O. The number of hydrogen-bond acceptors (Lipinski definition) is 5. The summed E-state index contributed by atoms with van der Waals surface area (Å²) in [6, 6.07) is 8.00. The van der Waals surface area contributed by atoms with Crippen LogP contribution < -0.4 is 4.90 Å². The van der Waals surface area contributed by atoms with Crippen LogP contribution in [-0.4, -0.2) is 53.4 Å². The van der Waals surface area contributed by atoms with Gasteiger partial charge in [0.1, 0.15) is 11.6 Å². The summed E-state index contributed by atoms with van der Waals surface area (Å²) in [4.78, 5) is 4.47. The summed E-state index contributed by atoms with van der Waals surface area (Å²) in [5.41, 5.74) is 1.01. The highest BCUT2D eigenvalue weighted by atomic mass is 19.1. The quantitative estimate of drug-likeness (QED) is 0.943. The topological polar surface area (TPSA) is 52.5 Å². The predicted octanol–water partition coefficient (Wildman–Crippen LogP) is 2.52. The van der Waals surface area contributed by atoms with Gasteiger partial charge >= 0.3 is 0 Å². The lowest BCUT2D eigenvalue weighted by Gasteiger charge is -2.36. The summed E-state index contributed by atoms with van der Waals surface area (Å²) >= 11 is 0. The molecule has 3 rings (SSSR count). The monoisotopic (exact) mass is 316 g/mol. The number of likely N-dealkylation sites (tertiary alicyclic amines) is 1. The molecule has 1 saturated heterocycles. The molecule has 1 aliphatic heterocycles. The molecule has 6 heteroatoms. The first kappa shape index (κ1) is 15.7. The summed E-state index contributed by atoms with van der Waals surface area (Å²) in [7, 11) is 4.16. The second kappa shape index (κ2) is 6.50. The highest BCUT2D eigenvalue weighted by Gasteiger charge is 2.22. The molecule has 2 aromatic rings. The molecule has 2 heterocycles. The molecule has 23 heavy (non-hydrogen) atoms. The Balaban J connectivity index is 1.78. The summed E-state index contributed by atoms with van der Waals surface area (Å²) in [6.07, 6.45) is 2.32. The summed E-state index contributed by atoms with van der Waals surface area (Å²) in [6.45, 7) is 2.15. The van der Waals surface area contributed by atoms with Crippen LogP contribution in [0.2, 0.25) is 0 Å². The van der Waals surface area contributed by atoms with Gasteiger partial charge in [0.15, 0.2) is 5.82 Å². The fraction of sp³-hybridized carbons (Fsp3) is 0.412. The van der Waals surface area contributed by atoms with E-state index in [0.717, 1.165) is 31.4 Å². The van der Waals surface area contributed by atoms with Crippen LogP contribution in [0.25, 0.3) is 11.3 Å². The Morgan fingerprint density at radius 1 is 1.26 bits per heavy atom. The van der Waals surface area contributed by atoms with Crippen LogP contribution in [0.1, 0.15) is 12.8 Å². The van der Waals surface area contributed by atoms with Crippen molar-refractivity contribution in [3.63, 3.8) is 0 Å². The minimum absolute atomic E-state index is 0.130. The van der Waals surface area contributed by atoms with Crippen LogP contribution in [0, 0.1) is 5.82 Å². The standard InChI is InChI=1S/C17H21FN4O/c1-21-9-3-4-13(11-21)22(2)17-8-7-15(19-20-17)14-6-5-12(18)10-16(14)23/h5-8,10,13,23H,3-4,9,11H2,1-2H3/t13-/m1/s1. The van der Waals surface area contributed by atoms with Crippen LogP contribution in [0.15, 0.2) is 30.3 Å². The Morgan fingerprint density at radius 2 is 2.09 bits per heavy atom. The maximum Gasteiger partial charge on any atom is 0.151 e. The smallest absolute Gasteiger partial charge is 0.151 e. The molecule has 5 nitrogen and oxygen atoms in total. The van der Waals surface area contributed by atoms with Crippen molar-refractivity contribution in [1.82, 2.24) is 15.1 Å². The molecule has 122 valence electrons. The molecule has 0 bridgehead atoms. The number of piperidine rings is 1. The van der Waals surface area contributed by atoms with E-state index in [1.54, 1.807) is 6.07 Å². The lowest BCUT2D eigenvalue weighted by atomic mass is 10.1. The molecule has 1 aromatic carbocycles. The van der Waals surface area contributed by atoms with E-state index >= 15 is 0 Å². The second-order valence-corrected chi connectivity index (χ2v) is 6.11. The lowest BCUT2D eigenvalue weighted by molar-refractivity contribution is 0.247. The number of nitrogens with zero attached hydrogens (tertiary/aromatic N) is 4. The normalized spacial score (nSPS) is 18.8. The number of phenolic OH excluding ortho intramolecular Hbond substituents is 1. The van der Waals surface area contributed by atoms with Gasteiger partial charge in [-0.2, -0.15) is 0 Å². The van der Waals surface area contributed by atoms with E-state index in [-0.39, 0.29) is 5.75 Å². The molecule has 1 aliphatic rings. The van der Waals surface area contributed by atoms with E-state index < -0.39 is 5.82 Å². The Hall–Kier alpha value is -2.21. The van der Waals surface area contributed by atoms with Crippen LogP contribution >= 0.6 is 0 Å². The first-order chi connectivity index (χ1) is 11.0. The van der Waals surface area contributed by atoms with E-state index in [1.165, 1.54) is 18.6 Å². The second-order valence-electron chi connectivity index (χ2n) is 6.11. The number of aromatic nitrogens is 2. The Kier molecular flexibility index (Phi) is 4.43. The molecule has 1 fully saturated rings. The SMILES string of the molecule is CN1CCC[C@@H](N(C)c2ccc(-c3ccc(F)cc3O)nn2)C1. The van der Waals surface area contributed by atoms with Gasteiger partial charge in [-0.15, -0.1) is 10.2 Å². The van der Waals surface area contributed by atoms with Crippen molar-refractivity contribution in [2.75, 3.05) is 32.1 Å². The third-order valence-corrected chi connectivity index (χ3v) is 4.39. The molecule has 1 N–H and O–H groups in total. The average molecular weight is 316 g/mol. The van der Waals surface area contributed by atoms with Gasteiger partial charge in [-0.25, -0.2) is 4.39 Å². The van der Waals surface area contributed by atoms with Crippen molar-refractivity contribution in [2.45, 2.75) is 18.9 Å². The fourth-order valence-electron chi connectivity index (χ4n) is 3.02. The minimum Gasteiger partial charge on any atom is -0.507 e. The Morgan fingerprint density at radius 3 is 2.74 bits per heavy atom. The molecule has 0 spiro atoms. The number of phenols is 1. The van der Waals surface area contributed by atoms with Gasteiger partial charge in [-0.05, 0) is 50.7 Å². The van der Waals surface area contributed by atoms with Crippen molar-refractivity contribution in [1.29, 1.82) is 0 Å².